The monoisotopic (exact) mass is 267 g/mol. The molecule has 4 rings (SSSR count). The van der Waals surface area contributed by atoms with Gasteiger partial charge in [-0.05, 0) is 36.4 Å². The van der Waals surface area contributed by atoms with Gasteiger partial charge in [0.25, 0.3) is 0 Å². The van der Waals surface area contributed by atoms with Crippen molar-refractivity contribution in [3.8, 4) is 22.9 Å². The number of benzene rings is 2. The highest BCUT2D eigenvalue weighted by atomic mass is 16.6. The van der Waals surface area contributed by atoms with Gasteiger partial charge >= 0.3 is 0 Å². The van der Waals surface area contributed by atoms with E-state index in [1.165, 1.54) is 0 Å². The van der Waals surface area contributed by atoms with Crippen LogP contribution in [0.4, 0.5) is 5.69 Å². The molecule has 1 aliphatic rings. The third kappa shape index (κ3) is 1.75. The highest BCUT2D eigenvalue weighted by Gasteiger charge is 2.14. The zero-order chi connectivity index (χ0) is 13.5. The maximum atomic E-state index is 5.78. The van der Waals surface area contributed by atoms with Crippen LogP contribution >= 0.6 is 0 Å². The second-order valence-electron chi connectivity index (χ2n) is 4.72. The molecule has 2 heterocycles. The number of anilines is 1. The molecule has 0 aliphatic carbocycles. The summed E-state index contributed by atoms with van der Waals surface area (Å²) in [6, 6.07) is 11.4. The summed E-state index contributed by atoms with van der Waals surface area (Å²) in [6.07, 6.45) is 0. The second kappa shape index (κ2) is 4.16. The third-order valence-corrected chi connectivity index (χ3v) is 3.32. The topological polar surface area (TPSA) is 73.2 Å². The van der Waals surface area contributed by atoms with Crippen LogP contribution in [0.2, 0.25) is 0 Å². The van der Waals surface area contributed by atoms with E-state index in [0.29, 0.717) is 13.2 Å². The predicted molar refractivity (Wildman–Crippen MR) is 76.9 cm³/mol. The van der Waals surface area contributed by atoms with Gasteiger partial charge in [0.1, 0.15) is 19.0 Å². The first-order valence-electron chi connectivity index (χ1n) is 6.45. The van der Waals surface area contributed by atoms with Crippen molar-refractivity contribution < 1.29 is 9.47 Å². The lowest BCUT2D eigenvalue weighted by Crippen LogP contribution is -2.15. The number of hydrogen-bond acceptors (Lipinski definition) is 4. The molecule has 5 heteroatoms. The number of aromatic nitrogens is 2. The van der Waals surface area contributed by atoms with Crippen LogP contribution in [0.25, 0.3) is 22.4 Å². The van der Waals surface area contributed by atoms with Gasteiger partial charge in [-0.3, -0.25) is 0 Å². The number of aromatic amines is 1. The quantitative estimate of drug-likeness (QED) is 0.665. The highest BCUT2D eigenvalue weighted by molar-refractivity contribution is 5.82. The Balaban J connectivity index is 1.82. The number of imidazole rings is 1. The molecular weight excluding hydrogens is 254 g/mol. The Morgan fingerprint density at radius 2 is 1.85 bits per heavy atom. The number of H-pyrrole nitrogens is 1. The number of nitrogen functional groups attached to an aromatic ring is 1. The Morgan fingerprint density at radius 1 is 1.00 bits per heavy atom. The Labute approximate surface area is 115 Å². The Kier molecular flexibility index (Phi) is 2.32. The van der Waals surface area contributed by atoms with E-state index in [0.717, 1.165) is 39.6 Å². The van der Waals surface area contributed by atoms with E-state index in [4.69, 9.17) is 15.2 Å². The summed E-state index contributed by atoms with van der Waals surface area (Å²) in [4.78, 5) is 7.84. The lowest BCUT2D eigenvalue weighted by atomic mass is 10.2. The SMILES string of the molecule is Nc1ccc2nc(-c3ccc4c(c3)OCCO4)[nH]c2c1. The molecule has 0 amide bonds. The number of fused-ring (bicyclic) bond motifs is 2. The Bertz CT molecular complexity index is 795. The fourth-order valence-electron chi connectivity index (χ4n) is 2.35. The molecule has 0 bridgehead atoms. The largest absolute Gasteiger partial charge is 0.486 e. The summed E-state index contributed by atoms with van der Waals surface area (Å²) in [5.74, 6) is 2.33. The van der Waals surface area contributed by atoms with E-state index in [1.54, 1.807) is 0 Å². The maximum Gasteiger partial charge on any atom is 0.162 e. The van der Waals surface area contributed by atoms with E-state index in [9.17, 15) is 0 Å². The number of nitrogens with two attached hydrogens (primary N) is 1. The summed E-state index contributed by atoms with van der Waals surface area (Å²) in [5.41, 5.74) is 9.28. The minimum Gasteiger partial charge on any atom is -0.486 e. The van der Waals surface area contributed by atoms with Crippen LogP contribution in [0.15, 0.2) is 36.4 Å². The summed E-state index contributed by atoms with van der Waals surface area (Å²) in [6.45, 7) is 1.17. The maximum absolute atomic E-state index is 5.78. The molecule has 0 spiro atoms. The van der Waals surface area contributed by atoms with Crippen molar-refractivity contribution in [3.05, 3.63) is 36.4 Å². The van der Waals surface area contributed by atoms with Crippen molar-refractivity contribution in [3.63, 3.8) is 0 Å². The normalized spacial score (nSPS) is 13.6. The van der Waals surface area contributed by atoms with E-state index in [-0.39, 0.29) is 0 Å². The van der Waals surface area contributed by atoms with Gasteiger partial charge in [0.2, 0.25) is 0 Å². The van der Waals surface area contributed by atoms with Crippen molar-refractivity contribution in [2.75, 3.05) is 18.9 Å². The van der Waals surface area contributed by atoms with Crippen LogP contribution in [0.1, 0.15) is 0 Å². The van der Waals surface area contributed by atoms with Gasteiger partial charge in [-0.2, -0.15) is 0 Å². The molecule has 0 unspecified atom stereocenters. The molecule has 2 aromatic carbocycles. The molecule has 1 aromatic heterocycles. The molecular formula is C15H13N3O2. The number of nitrogens with one attached hydrogen (secondary N) is 1. The Hall–Kier alpha value is -2.69. The van der Waals surface area contributed by atoms with Gasteiger partial charge in [-0.25, -0.2) is 4.98 Å². The lowest BCUT2D eigenvalue weighted by molar-refractivity contribution is 0.171. The van der Waals surface area contributed by atoms with Crippen LogP contribution in [0, 0.1) is 0 Å². The predicted octanol–water partition coefficient (Wildman–Crippen LogP) is 2.58. The third-order valence-electron chi connectivity index (χ3n) is 3.32. The molecule has 3 aromatic rings. The van der Waals surface area contributed by atoms with E-state index in [2.05, 4.69) is 9.97 Å². The molecule has 0 saturated carbocycles. The molecule has 100 valence electrons. The zero-order valence-corrected chi connectivity index (χ0v) is 10.7. The average molecular weight is 267 g/mol. The molecule has 20 heavy (non-hydrogen) atoms. The van der Waals surface area contributed by atoms with Crippen LogP contribution in [-0.4, -0.2) is 23.2 Å². The molecule has 5 nitrogen and oxygen atoms in total. The van der Waals surface area contributed by atoms with Crippen molar-refractivity contribution in [2.45, 2.75) is 0 Å². The second-order valence-corrected chi connectivity index (χ2v) is 4.72. The van der Waals surface area contributed by atoms with Crippen molar-refractivity contribution in [1.82, 2.24) is 9.97 Å². The number of hydrogen-bond donors (Lipinski definition) is 2. The first-order valence-corrected chi connectivity index (χ1v) is 6.45. The number of ether oxygens (including phenoxy) is 2. The van der Waals surface area contributed by atoms with Crippen LogP contribution in [-0.2, 0) is 0 Å². The van der Waals surface area contributed by atoms with E-state index >= 15 is 0 Å². The standard InChI is InChI=1S/C15H13N3O2/c16-10-2-3-11-12(8-10)18-15(17-11)9-1-4-13-14(7-9)20-6-5-19-13/h1-4,7-8H,5-6,16H2,(H,17,18). The summed E-state index contributed by atoms with van der Waals surface area (Å²) >= 11 is 0. The van der Waals surface area contributed by atoms with E-state index in [1.807, 2.05) is 36.4 Å². The first-order chi connectivity index (χ1) is 9.79. The number of nitrogens with zero attached hydrogens (tertiary/aromatic N) is 1. The van der Waals surface area contributed by atoms with Gasteiger partial charge < -0.3 is 20.2 Å². The van der Waals surface area contributed by atoms with Crippen LogP contribution in [0.3, 0.4) is 0 Å². The fraction of sp³-hybridized carbons (Fsp3) is 0.133. The summed E-state index contributed by atoms with van der Waals surface area (Å²) in [5, 5.41) is 0. The highest BCUT2D eigenvalue weighted by Crippen LogP contribution is 2.34. The van der Waals surface area contributed by atoms with Crippen LogP contribution < -0.4 is 15.2 Å². The van der Waals surface area contributed by atoms with Gasteiger partial charge in [-0.15, -0.1) is 0 Å². The van der Waals surface area contributed by atoms with Gasteiger partial charge in [-0.1, -0.05) is 0 Å². The molecule has 0 atom stereocenters. The first kappa shape index (κ1) is 11.2. The van der Waals surface area contributed by atoms with Crippen LogP contribution in [0.5, 0.6) is 11.5 Å². The number of rotatable bonds is 1. The molecule has 1 aliphatic heterocycles. The summed E-state index contributed by atoms with van der Waals surface area (Å²) in [7, 11) is 0. The molecule has 3 N–H and O–H groups in total. The van der Waals surface area contributed by atoms with Crippen molar-refractivity contribution in [2.24, 2.45) is 0 Å². The molecule has 0 radical (unpaired) electrons. The summed E-state index contributed by atoms with van der Waals surface area (Å²) < 4.78 is 11.1. The van der Waals surface area contributed by atoms with Gasteiger partial charge in [0, 0.05) is 11.3 Å². The van der Waals surface area contributed by atoms with Gasteiger partial charge in [0.05, 0.1) is 11.0 Å². The van der Waals surface area contributed by atoms with Gasteiger partial charge in [0.15, 0.2) is 11.5 Å². The Morgan fingerprint density at radius 3 is 2.75 bits per heavy atom. The fourth-order valence-corrected chi connectivity index (χ4v) is 2.35. The average Bonchev–Trinajstić information content (AvgIpc) is 2.89. The minimum atomic E-state index is 0.577. The smallest absolute Gasteiger partial charge is 0.162 e. The van der Waals surface area contributed by atoms with Crippen molar-refractivity contribution in [1.29, 1.82) is 0 Å². The zero-order valence-electron chi connectivity index (χ0n) is 10.7. The minimum absolute atomic E-state index is 0.577. The lowest BCUT2D eigenvalue weighted by Gasteiger charge is -2.18. The van der Waals surface area contributed by atoms with E-state index < -0.39 is 0 Å². The molecule has 0 fully saturated rings. The van der Waals surface area contributed by atoms with Crippen molar-refractivity contribution >= 4 is 16.7 Å². The molecule has 0 saturated heterocycles.